The third-order valence-corrected chi connectivity index (χ3v) is 6.58. The Morgan fingerprint density at radius 2 is 2.12 bits per heavy atom. The molecule has 0 aliphatic carbocycles. The molecule has 0 bridgehead atoms. The first kappa shape index (κ1) is 19.2. The van der Waals surface area contributed by atoms with Crippen LogP contribution < -0.4 is 4.72 Å². The van der Waals surface area contributed by atoms with Gasteiger partial charge in [0.05, 0.1) is 24.5 Å². The zero-order valence-electron chi connectivity index (χ0n) is 13.9. The Morgan fingerprint density at radius 3 is 2.81 bits per heavy atom. The number of rotatable bonds is 5. The lowest BCUT2D eigenvalue weighted by Crippen LogP contribution is -2.41. The fourth-order valence-electron chi connectivity index (χ4n) is 2.51. The van der Waals surface area contributed by atoms with E-state index in [2.05, 4.69) is 30.0 Å². The molecule has 1 aliphatic rings. The number of hydrogen-bond donors (Lipinski definition) is 1. The number of nitrogens with zero attached hydrogens (tertiary/aromatic N) is 3. The summed E-state index contributed by atoms with van der Waals surface area (Å²) in [7, 11) is -3.77. The SMILES string of the molecule is Cc1cc(Br)ccc1S(=O)(=O)Nc1nc(CC(=O)N2CCOCC2)ns1. The number of aromatic nitrogens is 2. The van der Waals surface area contributed by atoms with Crippen molar-refractivity contribution >= 4 is 48.5 Å². The van der Waals surface area contributed by atoms with E-state index in [4.69, 9.17) is 4.74 Å². The van der Waals surface area contributed by atoms with Crippen molar-refractivity contribution in [1.29, 1.82) is 0 Å². The van der Waals surface area contributed by atoms with E-state index in [1.807, 2.05) is 0 Å². The number of carbonyl (C=O) groups is 1. The lowest BCUT2D eigenvalue weighted by Gasteiger charge is -2.26. The predicted molar refractivity (Wildman–Crippen MR) is 101 cm³/mol. The third-order valence-electron chi connectivity index (χ3n) is 3.79. The second kappa shape index (κ2) is 7.99. The first-order valence-corrected chi connectivity index (χ1v) is 10.9. The summed E-state index contributed by atoms with van der Waals surface area (Å²) < 4.78 is 37.6. The van der Waals surface area contributed by atoms with E-state index >= 15 is 0 Å². The molecule has 1 N–H and O–H groups in total. The summed E-state index contributed by atoms with van der Waals surface area (Å²) in [5.41, 5.74) is 0.610. The molecule has 1 aromatic carbocycles. The van der Waals surface area contributed by atoms with Crippen molar-refractivity contribution in [1.82, 2.24) is 14.3 Å². The van der Waals surface area contributed by atoms with Crippen molar-refractivity contribution in [2.24, 2.45) is 0 Å². The Balaban J connectivity index is 1.68. The monoisotopic (exact) mass is 460 g/mol. The van der Waals surface area contributed by atoms with Crippen molar-refractivity contribution < 1.29 is 17.9 Å². The predicted octanol–water partition coefficient (Wildman–Crippen LogP) is 1.81. The number of benzene rings is 1. The molecule has 26 heavy (non-hydrogen) atoms. The van der Waals surface area contributed by atoms with Gasteiger partial charge in [0.2, 0.25) is 11.0 Å². The molecule has 0 spiro atoms. The van der Waals surface area contributed by atoms with Gasteiger partial charge in [0, 0.05) is 29.1 Å². The highest BCUT2D eigenvalue weighted by Crippen LogP contribution is 2.23. The van der Waals surface area contributed by atoms with Gasteiger partial charge in [0.25, 0.3) is 10.0 Å². The number of morpholine rings is 1. The van der Waals surface area contributed by atoms with Gasteiger partial charge in [-0.2, -0.15) is 4.37 Å². The second-order valence-corrected chi connectivity index (χ2v) is 9.02. The topological polar surface area (TPSA) is 101 Å². The minimum Gasteiger partial charge on any atom is -0.378 e. The van der Waals surface area contributed by atoms with Crippen molar-refractivity contribution in [2.45, 2.75) is 18.2 Å². The number of amides is 1. The van der Waals surface area contributed by atoms with Crippen LogP contribution in [0.3, 0.4) is 0 Å². The molecule has 0 unspecified atom stereocenters. The molecular weight excluding hydrogens is 444 g/mol. The molecule has 1 aliphatic heterocycles. The normalized spacial score (nSPS) is 15.1. The van der Waals surface area contributed by atoms with Crippen LogP contribution in [-0.2, 0) is 26.0 Å². The van der Waals surface area contributed by atoms with Crippen molar-refractivity contribution in [3.8, 4) is 0 Å². The number of carbonyl (C=O) groups excluding carboxylic acids is 1. The van der Waals surface area contributed by atoms with E-state index in [1.54, 1.807) is 24.0 Å². The van der Waals surface area contributed by atoms with Crippen molar-refractivity contribution in [3.05, 3.63) is 34.1 Å². The molecule has 0 radical (unpaired) electrons. The lowest BCUT2D eigenvalue weighted by molar-refractivity contribution is -0.134. The molecule has 140 valence electrons. The Bertz CT molecular complexity index is 910. The molecule has 1 amide bonds. The van der Waals surface area contributed by atoms with Crippen LogP contribution >= 0.6 is 27.5 Å². The molecule has 2 heterocycles. The van der Waals surface area contributed by atoms with Gasteiger partial charge in [-0.25, -0.2) is 13.4 Å². The smallest absolute Gasteiger partial charge is 0.263 e. The highest BCUT2D eigenvalue weighted by atomic mass is 79.9. The van der Waals surface area contributed by atoms with Gasteiger partial charge < -0.3 is 9.64 Å². The van der Waals surface area contributed by atoms with Gasteiger partial charge in [-0.3, -0.25) is 9.52 Å². The first-order chi connectivity index (χ1) is 12.3. The summed E-state index contributed by atoms with van der Waals surface area (Å²) in [5, 5.41) is 0.136. The molecule has 3 rings (SSSR count). The van der Waals surface area contributed by atoms with E-state index in [0.717, 1.165) is 16.0 Å². The van der Waals surface area contributed by atoms with Gasteiger partial charge in [0.15, 0.2) is 5.82 Å². The summed E-state index contributed by atoms with van der Waals surface area (Å²) in [4.78, 5) is 18.2. The van der Waals surface area contributed by atoms with Crippen molar-refractivity contribution in [2.75, 3.05) is 31.0 Å². The Kier molecular flexibility index (Phi) is 5.90. The lowest BCUT2D eigenvalue weighted by atomic mass is 10.2. The zero-order chi connectivity index (χ0) is 18.7. The first-order valence-electron chi connectivity index (χ1n) is 7.82. The fraction of sp³-hybridized carbons (Fsp3) is 0.400. The van der Waals surface area contributed by atoms with Crippen LogP contribution in [0.5, 0.6) is 0 Å². The highest BCUT2D eigenvalue weighted by molar-refractivity contribution is 9.10. The minimum atomic E-state index is -3.77. The average Bonchev–Trinajstić information content (AvgIpc) is 3.01. The minimum absolute atomic E-state index is 0.0372. The van der Waals surface area contributed by atoms with Crippen LogP contribution in [0.25, 0.3) is 0 Å². The zero-order valence-corrected chi connectivity index (χ0v) is 17.2. The number of halogens is 1. The van der Waals surface area contributed by atoms with Crippen LogP contribution in [0, 0.1) is 6.92 Å². The average molecular weight is 461 g/mol. The van der Waals surface area contributed by atoms with Gasteiger partial charge in [0.1, 0.15) is 0 Å². The van der Waals surface area contributed by atoms with E-state index in [9.17, 15) is 13.2 Å². The molecule has 2 aromatic rings. The number of anilines is 1. The molecular formula is C15H17BrN4O4S2. The van der Waals surface area contributed by atoms with Gasteiger partial charge in [-0.1, -0.05) is 15.9 Å². The standard InChI is InChI=1S/C15H17BrN4O4S2/c1-10-8-11(16)2-3-12(10)26(22,23)19-15-17-13(18-25-15)9-14(21)20-4-6-24-7-5-20/h2-3,8H,4-7,9H2,1H3,(H,17,18,19). The molecule has 11 heteroatoms. The van der Waals surface area contributed by atoms with E-state index in [0.29, 0.717) is 37.7 Å². The maximum absolute atomic E-state index is 12.5. The quantitative estimate of drug-likeness (QED) is 0.729. The number of sulfonamides is 1. The van der Waals surface area contributed by atoms with Crippen molar-refractivity contribution in [3.63, 3.8) is 0 Å². The Morgan fingerprint density at radius 1 is 1.38 bits per heavy atom. The number of nitrogens with one attached hydrogen (secondary N) is 1. The summed E-state index contributed by atoms with van der Waals surface area (Å²) in [6.07, 6.45) is 0.0372. The summed E-state index contributed by atoms with van der Waals surface area (Å²) in [5.74, 6) is 0.209. The summed E-state index contributed by atoms with van der Waals surface area (Å²) >= 11 is 4.22. The second-order valence-electron chi connectivity index (χ2n) is 5.70. The maximum atomic E-state index is 12.5. The molecule has 0 atom stereocenters. The largest absolute Gasteiger partial charge is 0.378 e. The summed E-state index contributed by atoms with van der Waals surface area (Å²) in [6, 6.07) is 4.90. The van der Waals surface area contributed by atoms with Crippen LogP contribution in [0.2, 0.25) is 0 Å². The van der Waals surface area contributed by atoms with Gasteiger partial charge in [-0.15, -0.1) is 0 Å². The fourth-order valence-corrected chi connectivity index (χ4v) is 5.02. The van der Waals surface area contributed by atoms with E-state index < -0.39 is 10.0 Å². The maximum Gasteiger partial charge on any atom is 0.263 e. The molecule has 8 nitrogen and oxygen atoms in total. The molecule has 1 aromatic heterocycles. The van der Waals surface area contributed by atoms with Crippen LogP contribution in [0.15, 0.2) is 27.6 Å². The highest BCUT2D eigenvalue weighted by Gasteiger charge is 2.22. The Hall–Kier alpha value is -1.56. The van der Waals surface area contributed by atoms with Crippen LogP contribution in [0.4, 0.5) is 5.13 Å². The van der Waals surface area contributed by atoms with E-state index in [-0.39, 0.29) is 22.4 Å². The summed E-state index contributed by atoms with van der Waals surface area (Å²) in [6.45, 7) is 3.85. The number of hydrogen-bond acceptors (Lipinski definition) is 7. The Labute approximate surface area is 163 Å². The third kappa shape index (κ3) is 4.58. The van der Waals surface area contributed by atoms with E-state index in [1.165, 1.54) is 6.07 Å². The number of aryl methyl sites for hydroxylation is 1. The molecule has 1 fully saturated rings. The number of ether oxygens (including phenoxy) is 1. The van der Waals surface area contributed by atoms with Gasteiger partial charge >= 0.3 is 0 Å². The van der Waals surface area contributed by atoms with Crippen LogP contribution in [-0.4, -0.2) is 54.9 Å². The molecule has 1 saturated heterocycles. The van der Waals surface area contributed by atoms with Gasteiger partial charge in [-0.05, 0) is 30.7 Å². The molecule has 0 saturated carbocycles. The van der Waals surface area contributed by atoms with Crippen LogP contribution in [0.1, 0.15) is 11.4 Å².